The number of rotatable bonds is 3. The smallest absolute Gasteiger partial charge is 0.126 e. The molecule has 0 aromatic carbocycles. The fraction of sp³-hybridized carbons (Fsp3) is 0.750. The van der Waals surface area contributed by atoms with E-state index < -0.39 is 0 Å². The van der Waals surface area contributed by atoms with Crippen LogP contribution in [0.5, 0.6) is 0 Å². The van der Waals surface area contributed by atoms with E-state index in [0.29, 0.717) is 0 Å². The zero-order chi connectivity index (χ0) is 9.57. The van der Waals surface area contributed by atoms with Gasteiger partial charge in [0.25, 0.3) is 0 Å². The monoisotopic (exact) mass is 178 g/mol. The van der Waals surface area contributed by atoms with Crippen LogP contribution in [0.25, 0.3) is 0 Å². The molecule has 0 N–H and O–H groups in total. The summed E-state index contributed by atoms with van der Waals surface area (Å²) in [4.78, 5) is 11.0. The van der Waals surface area contributed by atoms with Crippen molar-refractivity contribution in [3.05, 3.63) is 0 Å². The number of carbonyl (C=O) groups excluding carboxylic acids is 1. The van der Waals surface area contributed by atoms with Crippen molar-refractivity contribution in [3.8, 4) is 11.8 Å². The molecule has 1 saturated carbocycles. The Hall–Kier alpha value is -0.770. The van der Waals surface area contributed by atoms with Gasteiger partial charge in [0.2, 0.25) is 0 Å². The van der Waals surface area contributed by atoms with Crippen LogP contribution >= 0.6 is 0 Å². The van der Waals surface area contributed by atoms with E-state index in [2.05, 4.69) is 11.8 Å². The van der Waals surface area contributed by atoms with Crippen molar-refractivity contribution in [3.63, 3.8) is 0 Å². The van der Waals surface area contributed by atoms with E-state index in [0.717, 1.165) is 25.7 Å². The van der Waals surface area contributed by atoms with Crippen molar-refractivity contribution in [1.82, 2.24) is 0 Å². The lowest BCUT2D eigenvalue weighted by Crippen LogP contribution is -2.25. The molecule has 0 aromatic heterocycles. The quantitative estimate of drug-likeness (QED) is 0.479. The number of aldehydes is 1. The van der Waals surface area contributed by atoms with Gasteiger partial charge in [-0.1, -0.05) is 19.3 Å². The number of hydrogen-bond acceptors (Lipinski definition) is 1. The average molecular weight is 178 g/mol. The van der Waals surface area contributed by atoms with Crippen LogP contribution in [0, 0.1) is 17.3 Å². The highest BCUT2D eigenvalue weighted by Crippen LogP contribution is 2.38. The molecule has 0 atom stereocenters. The van der Waals surface area contributed by atoms with Gasteiger partial charge in [-0.3, -0.25) is 0 Å². The van der Waals surface area contributed by atoms with Crippen LogP contribution in [0.1, 0.15) is 51.9 Å². The first-order valence-electron chi connectivity index (χ1n) is 5.19. The SMILES string of the molecule is CC#CCCC1(C=O)CCCCC1. The molecule has 0 amide bonds. The van der Waals surface area contributed by atoms with Gasteiger partial charge in [-0.05, 0) is 26.2 Å². The molecule has 72 valence electrons. The van der Waals surface area contributed by atoms with Gasteiger partial charge in [0.1, 0.15) is 6.29 Å². The molecule has 0 unspecified atom stereocenters. The third-order valence-corrected chi connectivity index (χ3v) is 3.02. The molecule has 0 spiro atoms. The minimum Gasteiger partial charge on any atom is -0.303 e. The predicted molar refractivity (Wildman–Crippen MR) is 54.3 cm³/mol. The highest BCUT2D eigenvalue weighted by atomic mass is 16.1. The molecule has 0 heterocycles. The Morgan fingerprint density at radius 3 is 2.54 bits per heavy atom. The first-order chi connectivity index (χ1) is 6.33. The van der Waals surface area contributed by atoms with Gasteiger partial charge < -0.3 is 4.79 Å². The molecule has 1 fully saturated rings. The molecule has 0 aromatic rings. The molecule has 0 bridgehead atoms. The summed E-state index contributed by atoms with van der Waals surface area (Å²) in [7, 11) is 0. The Morgan fingerprint density at radius 2 is 2.00 bits per heavy atom. The lowest BCUT2D eigenvalue weighted by molar-refractivity contribution is -0.118. The van der Waals surface area contributed by atoms with Crippen molar-refractivity contribution in [2.24, 2.45) is 5.41 Å². The van der Waals surface area contributed by atoms with E-state index in [9.17, 15) is 4.79 Å². The normalized spacial score (nSPS) is 20.1. The maximum Gasteiger partial charge on any atom is 0.126 e. The van der Waals surface area contributed by atoms with Crippen LogP contribution in [-0.2, 0) is 4.79 Å². The van der Waals surface area contributed by atoms with Crippen LogP contribution < -0.4 is 0 Å². The van der Waals surface area contributed by atoms with Crippen molar-refractivity contribution in [2.45, 2.75) is 51.9 Å². The van der Waals surface area contributed by atoms with Crippen molar-refractivity contribution in [2.75, 3.05) is 0 Å². The van der Waals surface area contributed by atoms with Gasteiger partial charge >= 0.3 is 0 Å². The molecular weight excluding hydrogens is 160 g/mol. The maximum atomic E-state index is 11.0. The average Bonchev–Trinajstić information content (AvgIpc) is 2.20. The van der Waals surface area contributed by atoms with Gasteiger partial charge in [-0.25, -0.2) is 0 Å². The van der Waals surface area contributed by atoms with Gasteiger partial charge in [0.15, 0.2) is 0 Å². The summed E-state index contributed by atoms with van der Waals surface area (Å²) in [6.07, 6.45) is 8.95. The van der Waals surface area contributed by atoms with Gasteiger partial charge in [0.05, 0.1) is 0 Å². The lowest BCUT2D eigenvalue weighted by atomic mass is 9.72. The summed E-state index contributed by atoms with van der Waals surface area (Å²) in [5.41, 5.74) is -0.0118. The molecule has 0 saturated heterocycles. The van der Waals surface area contributed by atoms with Crippen LogP contribution in [0.2, 0.25) is 0 Å². The molecule has 1 rings (SSSR count). The van der Waals surface area contributed by atoms with Crippen LogP contribution in [-0.4, -0.2) is 6.29 Å². The topological polar surface area (TPSA) is 17.1 Å². The Bertz CT molecular complexity index is 213. The molecule has 1 aliphatic rings. The van der Waals surface area contributed by atoms with Crippen LogP contribution in [0.4, 0.5) is 0 Å². The second-order valence-electron chi connectivity index (χ2n) is 3.97. The van der Waals surface area contributed by atoms with E-state index in [1.807, 2.05) is 6.92 Å². The Morgan fingerprint density at radius 1 is 1.31 bits per heavy atom. The Labute approximate surface area is 80.9 Å². The molecule has 0 aliphatic heterocycles. The first-order valence-corrected chi connectivity index (χ1v) is 5.19. The number of hydrogen-bond donors (Lipinski definition) is 0. The summed E-state index contributed by atoms with van der Waals surface area (Å²) < 4.78 is 0. The number of carbonyl (C=O) groups is 1. The van der Waals surface area contributed by atoms with Crippen molar-refractivity contribution in [1.29, 1.82) is 0 Å². The second kappa shape index (κ2) is 5.07. The Kier molecular flexibility index (Phi) is 4.02. The summed E-state index contributed by atoms with van der Waals surface area (Å²) in [5, 5.41) is 0. The van der Waals surface area contributed by atoms with E-state index in [1.54, 1.807) is 0 Å². The van der Waals surface area contributed by atoms with Crippen molar-refractivity contribution >= 4 is 6.29 Å². The van der Waals surface area contributed by atoms with E-state index in [-0.39, 0.29) is 5.41 Å². The zero-order valence-electron chi connectivity index (χ0n) is 8.44. The third kappa shape index (κ3) is 2.88. The largest absolute Gasteiger partial charge is 0.303 e. The molecule has 1 aliphatic carbocycles. The van der Waals surface area contributed by atoms with E-state index >= 15 is 0 Å². The molecule has 0 radical (unpaired) electrons. The highest BCUT2D eigenvalue weighted by Gasteiger charge is 2.30. The zero-order valence-corrected chi connectivity index (χ0v) is 8.44. The fourth-order valence-electron chi connectivity index (χ4n) is 2.12. The predicted octanol–water partition coefficient (Wildman–Crippen LogP) is 2.94. The summed E-state index contributed by atoms with van der Waals surface area (Å²) in [6, 6.07) is 0. The molecule has 1 heteroatoms. The van der Waals surface area contributed by atoms with Crippen LogP contribution in [0.15, 0.2) is 0 Å². The van der Waals surface area contributed by atoms with Gasteiger partial charge in [0, 0.05) is 11.8 Å². The Balaban J connectivity index is 2.45. The van der Waals surface area contributed by atoms with E-state index in [4.69, 9.17) is 0 Å². The summed E-state index contributed by atoms with van der Waals surface area (Å²) in [5.74, 6) is 5.93. The van der Waals surface area contributed by atoms with E-state index in [1.165, 1.54) is 25.5 Å². The highest BCUT2D eigenvalue weighted by molar-refractivity contribution is 5.59. The standard InChI is InChI=1S/C12H18O/c1-2-3-5-8-12(11-13)9-6-4-7-10-12/h11H,4-10H2,1H3. The van der Waals surface area contributed by atoms with Gasteiger partial charge in [-0.2, -0.15) is 0 Å². The van der Waals surface area contributed by atoms with Crippen molar-refractivity contribution < 1.29 is 4.79 Å². The van der Waals surface area contributed by atoms with Gasteiger partial charge in [-0.15, -0.1) is 11.8 Å². The minimum absolute atomic E-state index is 0.0118. The lowest BCUT2D eigenvalue weighted by Gasteiger charge is -2.31. The molecule has 1 nitrogen and oxygen atoms in total. The fourth-order valence-corrected chi connectivity index (χ4v) is 2.12. The van der Waals surface area contributed by atoms with Crippen LogP contribution in [0.3, 0.4) is 0 Å². The maximum absolute atomic E-state index is 11.0. The summed E-state index contributed by atoms with van der Waals surface area (Å²) in [6.45, 7) is 1.86. The third-order valence-electron chi connectivity index (χ3n) is 3.02. The molecular formula is C12H18O. The summed E-state index contributed by atoms with van der Waals surface area (Å²) >= 11 is 0. The first kappa shape index (κ1) is 10.3. The minimum atomic E-state index is -0.0118. The molecule has 13 heavy (non-hydrogen) atoms. The second-order valence-corrected chi connectivity index (χ2v) is 3.97.